The van der Waals surface area contributed by atoms with E-state index in [1.807, 2.05) is 43.4 Å². The zero-order valence-electron chi connectivity index (χ0n) is 23.7. The van der Waals surface area contributed by atoms with Crippen LogP contribution in [0, 0.1) is 0 Å². The van der Waals surface area contributed by atoms with Crippen LogP contribution in [0.3, 0.4) is 0 Å². The molecule has 2 saturated heterocycles. The maximum atomic E-state index is 12.9. The summed E-state index contributed by atoms with van der Waals surface area (Å²) in [5, 5.41) is 3.53. The highest BCUT2D eigenvalue weighted by molar-refractivity contribution is 7.85. The fraction of sp³-hybridized carbons (Fsp3) is 0.375. The van der Waals surface area contributed by atoms with Crippen molar-refractivity contribution in [2.45, 2.75) is 49.0 Å². The first kappa shape index (κ1) is 26.8. The fourth-order valence-electron chi connectivity index (χ4n) is 6.16. The van der Waals surface area contributed by atoms with Gasteiger partial charge in [-0.1, -0.05) is 60.7 Å². The summed E-state index contributed by atoms with van der Waals surface area (Å²) >= 11 is 0. The molecule has 2 atom stereocenters. The molecular weight excluding hydrogens is 548 g/mol. The molecule has 1 unspecified atom stereocenters. The van der Waals surface area contributed by atoms with Gasteiger partial charge in [0.05, 0.1) is 16.5 Å². The lowest BCUT2D eigenvalue weighted by molar-refractivity contribution is -0.132. The van der Waals surface area contributed by atoms with Crippen LogP contribution in [0.2, 0.25) is 0 Å². The third-order valence-corrected chi connectivity index (χ3v) is 9.96. The number of carbonyl (C=O) groups excluding carboxylic acids is 1. The SMILES string of the molecule is CN1CC(Nc2nc(N3CCC(c4nc(-c5ccccc5)c(-c5ccccc5)o4)CC3)nc3c2[S@@](=O)CC3)CCC1=O. The number of aromatic nitrogens is 3. The lowest BCUT2D eigenvalue weighted by atomic mass is 9.97. The number of hydrogen-bond acceptors (Lipinski definition) is 8. The molecule has 0 radical (unpaired) electrons. The minimum atomic E-state index is -1.11. The Kier molecular flexibility index (Phi) is 7.23. The second-order valence-corrected chi connectivity index (χ2v) is 12.8. The molecule has 2 aromatic carbocycles. The van der Waals surface area contributed by atoms with Crippen LogP contribution in [0.1, 0.15) is 43.2 Å². The molecule has 2 fully saturated rings. The summed E-state index contributed by atoms with van der Waals surface area (Å²) in [5.41, 5.74) is 3.81. The van der Waals surface area contributed by atoms with Crippen molar-refractivity contribution in [3.63, 3.8) is 0 Å². The quantitative estimate of drug-likeness (QED) is 0.343. The zero-order chi connectivity index (χ0) is 28.6. The first-order valence-corrected chi connectivity index (χ1v) is 16.0. The van der Waals surface area contributed by atoms with Gasteiger partial charge in [-0.05, 0) is 19.3 Å². The number of piperidine rings is 2. The van der Waals surface area contributed by atoms with Crippen LogP contribution in [-0.4, -0.2) is 68.4 Å². The van der Waals surface area contributed by atoms with Crippen LogP contribution >= 0.6 is 0 Å². The first-order valence-electron chi connectivity index (χ1n) is 14.7. The van der Waals surface area contributed by atoms with E-state index in [0.717, 1.165) is 71.4 Å². The smallest absolute Gasteiger partial charge is 0.227 e. The summed E-state index contributed by atoms with van der Waals surface area (Å²) in [5.74, 6) is 3.84. The summed E-state index contributed by atoms with van der Waals surface area (Å²) in [4.78, 5) is 31.5. The van der Waals surface area contributed by atoms with Gasteiger partial charge in [0.2, 0.25) is 11.9 Å². The number of nitrogens with zero attached hydrogens (tertiary/aromatic N) is 5. The predicted octanol–water partition coefficient (Wildman–Crippen LogP) is 4.88. The largest absolute Gasteiger partial charge is 0.440 e. The van der Waals surface area contributed by atoms with E-state index in [-0.39, 0.29) is 17.9 Å². The molecule has 1 amide bonds. The average Bonchev–Trinajstić information content (AvgIpc) is 3.64. The van der Waals surface area contributed by atoms with Crippen molar-refractivity contribution in [1.82, 2.24) is 19.9 Å². The van der Waals surface area contributed by atoms with Gasteiger partial charge in [-0.3, -0.25) is 9.00 Å². The lowest BCUT2D eigenvalue weighted by Crippen LogP contribution is -2.43. The standard InChI is InChI=1S/C32H34N6O3S/c1-37-20-24(12-13-26(37)39)33-30-29-25(16-19-42(29)40)34-32(36-30)38-17-14-23(15-18-38)31-35-27(21-8-4-2-5-9-21)28(41-31)22-10-6-3-7-11-22/h2-11,23-24H,12-20H2,1H3,(H,33,34,36)/t24?,42-/m0/s1. The van der Waals surface area contributed by atoms with Crippen molar-refractivity contribution < 1.29 is 13.4 Å². The Morgan fingerprint density at radius 1 is 0.905 bits per heavy atom. The third-order valence-electron chi connectivity index (χ3n) is 8.50. The van der Waals surface area contributed by atoms with Crippen molar-refractivity contribution in [3.05, 3.63) is 72.2 Å². The number of carbonyl (C=O) groups is 1. The Morgan fingerprint density at radius 3 is 2.33 bits per heavy atom. The van der Waals surface area contributed by atoms with E-state index < -0.39 is 10.8 Å². The molecule has 4 aromatic rings. The van der Waals surface area contributed by atoms with Gasteiger partial charge in [0.1, 0.15) is 16.4 Å². The number of benzene rings is 2. The van der Waals surface area contributed by atoms with Crippen molar-refractivity contribution in [2.24, 2.45) is 0 Å². The fourth-order valence-corrected chi connectivity index (χ4v) is 7.47. The van der Waals surface area contributed by atoms with Gasteiger partial charge >= 0.3 is 0 Å². The summed E-state index contributed by atoms with van der Waals surface area (Å²) in [6.45, 7) is 2.16. The number of hydrogen-bond donors (Lipinski definition) is 1. The van der Waals surface area contributed by atoms with Gasteiger partial charge in [0.15, 0.2) is 11.7 Å². The Morgan fingerprint density at radius 2 is 1.62 bits per heavy atom. The van der Waals surface area contributed by atoms with Crippen molar-refractivity contribution in [1.29, 1.82) is 0 Å². The van der Waals surface area contributed by atoms with Crippen LogP contribution in [0.4, 0.5) is 11.8 Å². The van der Waals surface area contributed by atoms with Gasteiger partial charge in [-0.25, -0.2) is 9.97 Å². The maximum absolute atomic E-state index is 12.9. The number of oxazole rings is 1. The number of likely N-dealkylation sites (tertiary alicyclic amines) is 1. The van der Waals surface area contributed by atoms with Crippen molar-refractivity contribution in [2.75, 3.05) is 42.7 Å². The summed E-state index contributed by atoms with van der Waals surface area (Å²) in [6.07, 6.45) is 3.67. The Bertz CT molecular complexity index is 1560. The summed E-state index contributed by atoms with van der Waals surface area (Å²) < 4.78 is 19.4. The van der Waals surface area contributed by atoms with Crippen LogP contribution < -0.4 is 10.2 Å². The Labute approximate surface area is 247 Å². The number of aryl methyl sites for hydroxylation is 1. The van der Waals surface area contributed by atoms with E-state index in [4.69, 9.17) is 19.4 Å². The van der Waals surface area contributed by atoms with E-state index in [9.17, 15) is 9.00 Å². The molecule has 42 heavy (non-hydrogen) atoms. The molecule has 5 heterocycles. The molecule has 216 valence electrons. The van der Waals surface area contributed by atoms with Crippen molar-refractivity contribution in [3.8, 4) is 22.6 Å². The molecule has 7 rings (SSSR count). The highest BCUT2D eigenvalue weighted by Gasteiger charge is 2.32. The van der Waals surface area contributed by atoms with Crippen LogP contribution in [0.15, 0.2) is 70.0 Å². The highest BCUT2D eigenvalue weighted by Crippen LogP contribution is 2.38. The summed E-state index contributed by atoms with van der Waals surface area (Å²) in [7, 11) is 0.715. The molecule has 3 aliphatic rings. The first-order chi connectivity index (χ1) is 20.5. The topological polar surface area (TPSA) is 104 Å². The molecule has 9 nitrogen and oxygen atoms in total. The van der Waals surface area contributed by atoms with Crippen molar-refractivity contribution >= 4 is 28.5 Å². The molecule has 3 aliphatic heterocycles. The number of nitrogens with one attached hydrogen (secondary N) is 1. The predicted molar refractivity (Wildman–Crippen MR) is 163 cm³/mol. The molecule has 2 aromatic heterocycles. The minimum Gasteiger partial charge on any atom is -0.440 e. The molecule has 0 bridgehead atoms. The van der Waals surface area contributed by atoms with Crippen LogP contribution in [-0.2, 0) is 22.0 Å². The molecule has 10 heteroatoms. The monoisotopic (exact) mass is 582 g/mol. The van der Waals surface area contributed by atoms with E-state index in [0.29, 0.717) is 36.9 Å². The van der Waals surface area contributed by atoms with Gasteiger partial charge in [-0.15, -0.1) is 0 Å². The van der Waals surface area contributed by atoms with Gasteiger partial charge < -0.3 is 19.5 Å². The number of likely N-dealkylation sites (N-methyl/N-ethyl adjacent to an activating group) is 1. The molecule has 0 spiro atoms. The molecule has 0 aliphatic carbocycles. The second kappa shape index (κ2) is 11.3. The molecule has 1 N–H and O–H groups in total. The normalized spacial score (nSPS) is 21.0. The highest BCUT2D eigenvalue weighted by atomic mass is 32.2. The second-order valence-electron chi connectivity index (χ2n) is 11.3. The van der Waals surface area contributed by atoms with Crippen LogP contribution in [0.5, 0.6) is 0 Å². The van der Waals surface area contributed by atoms with E-state index in [2.05, 4.69) is 34.5 Å². The minimum absolute atomic E-state index is 0.0746. The molecule has 0 saturated carbocycles. The zero-order valence-corrected chi connectivity index (χ0v) is 24.5. The van der Waals surface area contributed by atoms with Gasteiger partial charge in [0.25, 0.3) is 0 Å². The van der Waals surface area contributed by atoms with E-state index in [1.165, 1.54) is 0 Å². The number of rotatable bonds is 6. The van der Waals surface area contributed by atoms with Gasteiger partial charge in [-0.2, -0.15) is 4.98 Å². The lowest BCUT2D eigenvalue weighted by Gasteiger charge is -2.32. The molecular formula is C32H34N6O3S. The third kappa shape index (κ3) is 5.19. The number of amides is 1. The number of fused-ring (bicyclic) bond motifs is 1. The Balaban J connectivity index is 1.11. The number of anilines is 2. The van der Waals surface area contributed by atoms with E-state index in [1.54, 1.807) is 4.90 Å². The van der Waals surface area contributed by atoms with E-state index >= 15 is 0 Å². The maximum Gasteiger partial charge on any atom is 0.227 e. The van der Waals surface area contributed by atoms with Crippen LogP contribution in [0.25, 0.3) is 22.6 Å². The Hall–Kier alpha value is -4.05. The summed E-state index contributed by atoms with van der Waals surface area (Å²) in [6, 6.07) is 20.5. The average molecular weight is 583 g/mol. The van der Waals surface area contributed by atoms with Gasteiger partial charge in [0, 0.05) is 68.4 Å².